The van der Waals surface area contributed by atoms with Crippen molar-refractivity contribution in [1.29, 1.82) is 0 Å². The molecule has 33 heavy (non-hydrogen) atoms. The molecule has 0 saturated heterocycles. The highest BCUT2D eigenvalue weighted by Gasteiger charge is 2.26. The Morgan fingerprint density at radius 3 is 2.45 bits per heavy atom. The van der Waals surface area contributed by atoms with Crippen LogP contribution in [0, 0.1) is 17.0 Å². The van der Waals surface area contributed by atoms with E-state index in [9.17, 15) is 14.3 Å². The average molecular weight is 471 g/mol. The molecule has 176 valence electrons. The number of hydrogen-bond acceptors (Lipinski definition) is 5. The van der Waals surface area contributed by atoms with Gasteiger partial charge in [0.25, 0.3) is 0 Å². The largest absolute Gasteiger partial charge is 0.497 e. The zero-order valence-corrected chi connectivity index (χ0v) is 20.6. The Kier molecular flexibility index (Phi) is 7.34. The first-order valence-electron chi connectivity index (χ1n) is 10.6. The number of methoxy groups -OCH3 is 1. The second-order valence-corrected chi connectivity index (χ2v) is 10.9. The number of rotatable bonds is 8. The summed E-state index contributed by atoms with van der Waals surface area (Å²) < 4.78 is 22.6. The number of nitrogens with zero attached hydrogens (tertiary/aromatic N) is 3. The number of hydrogen-bond donors (Lipinski definition) is 1. The summed E-state index contributed by atoms with van der Waals surface area (Å²) >= 11 is 0. The predicted molar refractivity (Wildman–Crippen MR) is 131 cm³/mol. The van der Waals surface area contributed by atoms with Gasteiger partial charge in [-0.1, -0.05) is 36.4 Å². The molecule has 0 amide bonds. The van der Waals surface area contributed by atoms with Crippen molar-refractivity contribution >= 4 is 16.8 Å². The molecule has 9 heteroatoms. The van der Waals surface area contributed by atoms with Crippen LogP contribution >= 0.6 is 0 Å². The van der Waals surface area contributed by atoms with E-state index in [1.807, 2.05) is 69.3 Å². The standard InChI is InChI=1S/C24H30N4O4S/c1-16-25-22(23(27(16)5)28(29)30)18-12-10-17(11-13-18)14-21(26-33(31)24(2,3)4)19-8-7-9-20(15-19)32-6/h7-13,15,21,26H,14H2,1-6H3/t21-,33?/m1/s1. The number of aryl methyl sites for hydroxylation is 1. The second-order valence-electron chi connectivity index (χ2n) is 8.88. The van der Waals surface area contributed by atoms with E-state index in [1.54, 1.807) is 21.1 Å². The van der Waals surface area contributed by atoms with Gasteiger partial charge in [0.1, 0.15) is 5.75 Å². The van der Waals surface area contributed by atoms with Gasteiger partial charge >= 0.3 is 5.82 Å². The van der Waals surface area contributed by atoms with Crippen molar-refractivity contribution in [3.05, 3.63) is 75.6 Å². The molecule has 0 fully saturated rings. The van der Waals surface area contributed by atoms with Crippen LogP contribution in [0.4, 0.5) is 5.82 Å². The van der Waals surface area contributed by atoms with Crippen molar-refractivity contribution in [3.63, 3.8) is 0 Å². The lowest BCUT2D eigenvalue weighted by atomic mass is 9.98. The van der Waals surface area contributed by atoms with Crippen LogP contribution in [0.15, 0.2) is 48.5 Å². The zero-order valence-electron chi connectivity index (χ0n) is 19.8. The Balaban J connectivity index is 1.91. The topological polar surface area (TPSA) is 99.3 Å². The van der Waals surface area contributed by atoms with E-state index in [0.717, 1.165) is 16.9 Å². The van der Waals surface area contributed by atoms with E-state index < -0.39 is 20.7 Å². The Hall–Kier alpha value is -3.04. The molecule has 1 heterocycles. The molecule has 0 spiro atoms. The molecule has 3 rings (SSSR count). The predicted octanol–water partition coefficient (Wildman–Crippen LogP) is 4.65. The van der Waals surface area contributed by atoms with Gasteiger partial charge in [-0.2, -0.15) is 0 Å². The van der Waals surface area contributed by atoms with E-state index in [0.29, 0.717) is 23.5 Å². The Bertz CT molecular complexity index is 1170. The van der Waals surface area contributed by atoms with Gasteiger partial charge < -0.3 is 14.9 Å². The van der Waals surface area contributed by atoms with Gasteiger partial charge in [0.05, 0.1) is 29.9 Å². The number of nitrogens with one attached hydrogen (secondary N) is 1. The van der Waals surface area contributed by atoms with Crippen molar-refractivity contribution in [2.45, 2.75) is 44.9 Å². The maximum atomic E-state index is 12.9. The summed E-state index contributed by atoms with van der Waals surface area (Å²) in [4.78, 5) is 15.5. The van der Waals surface area contributed by atoms with E-state index >= 15 is 0 Å². The van der Waals surface area contributed by atoms with Crippen LogP contribution in [0.3, 0.4) is 0 Å². The van der Waals surface area contributed by atoms with Gasteiger partial charge in [0.15, 0.2) is 11.5 Å². The molecule has 2 aromatic carbocycles. The fourth-order valence-corrected chi connectivity index (χ4v) is 4.26. The van der Waals surface area contributed by atoms with Gasteiger partial charge in [-0.05, 0) is 55.4 Å². The van der Waals surface area contributed by atoms with E-state index in [-0.39, 0.29) is 11.9 Å². The molecular weight excluding hydrogens is 440 g/mol. The normalized spacial score (nSPS) is 13.5. The molecule has 0 radical (unpaired) electrons. The Labute approximate surface area is 196 Å². The Morgan fingerprint density at radius 1 is 1.21 bits per heavy atom. The van der Waals surface area contributed by atoms with Gasteiger partial charge in [0, 0.05) is 18.5 Å². The molecule has 0 saturated carbocycles. The van der Waals surface area contributed by atoms with Gasteiger partial charge in [0.2, 0.25) is 0 Å². The lowest BCUT2D eigenvalue weighted by Gasteiger charge is -2.25. The van der Waals surface area contributed by atoms with Crippen molar-refractivity contribution < 1.29 is 13.9 Å². The molecule has 1 aromatic heterocycles. The maximum absolute atomic E-state index is 12.9. The number of ether oxygens (including phenoxy) is 1. The molecule has 0 aliphatic rings. The molecule has 3 aromatic rings. The lowest BCUT2D eigenvalue weighted by molar-refractivity contribution is -0.391. The fraction of sp³-hybridized carbons (Fsp3) is 0.375. The number of nitro groups is 1. The first-order valence-corrected chi connectivity index (χ1v) is 11.7. The van der Waals surface area contributed by atoms with Crippen molar-refractivity contribution in [2.75, 3.05) is 7.11 Å². The number of imidazole rings is 1. The SMILES string of the molecule is COc1cccc([C@@H](Cc2ccc(-c3nc(C)n(C)c3[N+](=O)[O-])cc2)NS(=O)C(C)(C)C)c1. The quantitative estimate of drug-likeness (QED) is 0.382. The van der Waals surface area contributed by atoms with Crippen LogP contribution in [0.1, 0.15) is 43.8 Å². The van der Waals surface area contributed by atoms with Crippen LogP contribution in [0.25, 0.3) is 11.3 Å². The monoisotopic (exact) mass is 470 g/mol. The van der Waals surface area contributed by atoms with E-state index in [2.05, 4.69) is 9.71 Å². The zero-order chi connectivity index (χ0) is 24.3. The molecule has 0 bridgehead atoms. The van der Waals surface area contributed by atoms with Crippen LogP contribution in [0.5, 0.6) is 5.75 Å². The minimum absolute atomic E-state index is 0.0308. The fourth-order valence-electron chi connectivity index (χ4n) is 3.43. The highest BCUT2D eigenvalue weighted by atomic mass is 32.2. The molecule has 1 unspecified atom stereocenters. The van der Waals surface area contributed by atoms with Gasteiger partial charge in [-0.25, -0.2) is 18.5 Å². The minimum Gasteiger partial charge on any atom is -0.497 e. The maximum Gasteiger partial charge on any atom is 0.350 e. The summed E-state index contributed by atoms with van der Waals surface area (Å²) in [5.41, 5.74) is 2.99. The molecule has 8 nitrogen and oxygen atoms in total. The van der Waals surface area contributed by atoms with Crippen molar-refractivity contribution in [3.8, 4) is 17.0 Å². The second kappa shape index (κ2) is 9.84. The third kappa shape index (κ3) is 5.66. The summed E-state index contributed by atoms with van der Waals surface area (Å²) in [5.74, 6) is 1.28. The summed E-state index contributed by atoms with van der Waals surface area (Å²) in [6, 6.07) is 15.0. The van der Waals surface area contributed by atoms with Crippen molar-refractivity contribution in [2.24, 2.45) is 7.05 Å². The van der Waals surface area contributed by atoms with Crippen LogP contribution < -0.4 is 9.46 Å². The van der Waals surface area contributed by atoms with E-state index in [4.69, 9.17) is 4.74 Å². The molecule has 0 aliphatic heterocycles. The number of aromatic nitrogens is 2. The third-order valence-corrected chi connectivity index (χ3v) is 7.04. The summed E-state index contributed by atoms with van der Waals surface area (Å²) in [5, 5.41) is 11.5. The highest BCUT2D eigenvalue weighted by Crippen LogP contribution is 2.31. The molecule has 1 N–H and O–H groups in total. The molecule has 0 aliphatic carbocycles. The summed E-state index contributed by atoms with van der Waals surface area (Å²) in [7, 11) is 1.98. The average Bonchev–Trinajstić information content (AvgIpc) is 3.07. The minimum atomic E-state index is -1.27. The smallest absolute Gasteiger partial charge is 0.350 e. The molecular formula is C24H30N4O4S. The Morgan fingerprint density at radius 2 is 1.88 bits per heavy atom. The highest BCUT2D eigenvalue weighted by molar-refractivity contribution is 7.84. The first-order chi connectivity index (χ1) is 15.5. The van der Waals surface area contributed by atoms with Crippen LogP contribution in [-0.2, 0) is 24.5 Å². The summed E-state index contributed by atoms with van der Waals surface area (Å²) in [6.45, 7) is 7.52. The lowest BCUT2D eigenvalue weighted by Crippen LogP contribution is -2.36. The van der Waals surface area contributed by atoms with Gasteiger partial charge in [-0.3, -0.25) is 0 Å². The van der Waals surface area contributed by atoms with E-state index in [1.165, 1.54) is 4.57 Å². The third-order valence-electron chi connectivity index (χ3n) is 5.43. The molecule has 2 atom stereocenters. The first kappa shape index (κ1) is 24.6. The number of benzene rings is 2. The van der Waals surface area contributed by atoms with Crippen molar-refractivity contribution in [1.82, 2.24) is 14.3 Å². The van der Waals surface area contributed by atoms with Crippen LogP contribution in [0.2, 0.25) is 0 Å². The van der Waals surface area contributed by atoms with Gasteiger partial charge in [-0.15, -0.1) is 0 Å². The summed E-state index contributed by atoms with van der Waals surface area (Å²) in [6.07, 6.45) is 0.582. The van der Waals surface area contributed by atoms with Crippen LogP contribution in [-0.4, -0.2) is 30.5 Å².